The number of likely N-dealkylation sites (tertiary alicyclic amines) is 1. The normalized spacial score (nSPS) is 17.8. The Morgan fingerprint density at radius 2 is 2.17 bits per heavy atom. The minimum atomic E-state index is -0.774. The second kappa shape index (κ2) is 9.35. The molecule has 1 unspecified atom stereocenters. The van der Waals surface area contributed by atoms with E-state index in [4.69, 9.17) is 11.6 Å². The summed E-state index contributed by atoms with van der Waals surface area (Å²) in [5, 5.41) is 13.0. The molecule has 1 heterocycles. The van der Waals surface area contributed by atoms with Crippen LogP contribution in [0.25, 0.3) is 0 Å². The van der Waals surface area contributed by atoms with E-state index in [1.54, 1.807) is 12.1 Å². The van der Waals surface area contributed by atoms with Crippen molar-refractivity contribution in [3.8, 4) is 0 Å². The second-order valence-corrected chi connectivity index (χ2v) is 6.86. The molecular weight excluding hydrogens is 331 g/mol. The van der Waals surface area contributed by atoms with Crippen LogP contribution < -0.4 is 5.32 Å². The first-order valence-electron chi connectivity index (χ1n) is 8.65. The number of benzene rings is 1. The smallest absolute Gasteiger partial charge is 0.320 e. The van der Waals surface area contributed by atoms with Gasteiger partial charge in [-0.2, -0.15) is 0 Å². The number of hydrogen-bond acceptors (Lipinski definition) is 3. The number of piperidine rings is 1. The molecule has 134 valence electrons. The van der Waals surface area contributed by atoms with Gasteiger partial charge < -0.3 is 10.4 Å². The molecule has 4 nitrogen and oxygen atoms in total. The molecule has 0 aromatic heterocycles. The largest absolute Gasteiger partial charge is 0.480 e. The van der Waals surface area contributed by atoms with Gasteiger partial charge in [0.1, 0.15) is 11.9 Å². The van der Waals surface area contributed by atoms with Crippen LogP contribution in [0.1, 0.15) is 44.6 Å². The number of unbranched alkanes of at least 4 members (excludes halogenated alkanes) is 1. The van der Waals surface area contributed by atoms with Gasteiger partial charge in [-0.05, 0) is 44.5 Å². The predicted octanol–water partition coefficient (Wildman–Crippen LogP) is 3.68. The number of nitrogens with one attached hydrogen (secondary N) is 1. The molecule has 2 N–H and O–H groups in total. The molecule has 0 aliphatic carbocycles. The number of hydrogen-bond donors (Lipinski definition) is 2. The molecule has 1 saturated heterocycles. The average Bonchev–Trinajstić information content (AvgIpc) is 2.56. The predicted molar refractivity (Wildman–Crippen MR) is 93.8 cm³/mol. The van der Waals surface area contributed by atoms with Gasteiger partial charge in [0.15, 0.2) is 0 Å². The molecule has 1 aromatic carbocycles. The third-order valence-corrected chi connectivity index (χ3v) is 4.97. The fourth-order valence-corrected chi connectivity index (χ4v) is 3.36. The molecule has 0 spiro atoms. The van der Waals surface area contributed by atoms with Crippen LogP contribution in [0.2, 0.25) is 5.02 Å². The van der Waals surface area contributed by atoms with Gasteiger partial charge in [-0.1, -0.05) is 37.4 Å². The van der Waals surface area contributed by atoms with Crippen molar-refractivity contribution >= 4 is 17.6 Å². The lowest BCUT2D eigenvalue weighted by Crippen LogP contribution is -2.48. The zero-order valence-corrected chi connectivity index (χ0v) is 14.9. The van der Waals surface area contributed by atoms with E-state index >= 15 is 0 Å². The lowest BCUT2D eigenvalue weighted by molar-refractivity contribution is -0.140. The molecule has 0 bridgehead atoms. The minimum Gasteiger partial charge on any atom is -0.480 e. The molecule has 1 fully saturated rings. The lowest BCUT2D eigenvalue weighted by Gasteiger charge is -2.34. The molecular formula is C18H26ClFN2O2. The number of rotatable bonds is 8. The average molecular weight is 357 g/mol. The van der Waals surface area contributed by atoms with Crippen LogP contribution in [0, 0.1) is 5.82 Å². The summed E-state index contributed by atoms with van der Waals surface area (Å²) in [6.45, 7) is 4.17. The Labute approximate surface area is 148 Å². The summed E-state index contributed by atoms with van der Waals surface area (Å²) >= 11 is 6.09. The van der Waals surface area contributed by atoms with E-state index in [1.165, 1.54) is 6.07 Å². The standard InChI is InChI=1S/C18H26ClFN2O2/c1-2-3-7-17(18(23)24)21-13-8-10-22(11-9-13)12-14-15(19)5-4-6-16(14)20/h4-6,13,17,21H,2-3,7-12H2,1H3,(H,23,24). The molecule has 1 aromatic rings. The summed E-state index contributed by atoms with van der Waals surface area (Å²) in [7, 11) is 0. The monoisotopic (exact) mass is 356 g/mol. The molecule has 24 heavy (non-hydrogen) atoms. The maximum Gasteiger partial charge on any atom is 0.320 e. The van der Waals surface area contributed by atoms with Crippen LogP contribution in [0.5, 0.6) is 0 Å². The first kappa shape index (κ1) is 19.2. The number of carbonyl (C=O) groups is 1. The van der Waals surface area contributed by atoms with Gasteiger partial charge in [0.2, 0.25) is 0 Å². The van der Waals surface area contributed by atoms with E-state index < -0.39 is 12.0 Å². The van der Waals surface area contributed by atoms with Gasteiger partial charge in [0.25, 0.3) is 0 Å². The van der Waals surface area contributed by atoms with Crippen LogP contribution in [-0.4, -0.2) is 41.1 Å². The van der Waals surface area contributed by atoms with E-state index in [0.29, 0.717) is 23.6 Å². The second-order valence-electron chi connectivity index (χ2n) is 6.45. The van der Waals surface area contributed by atoms with Gasteiger partial charge in [-0.25, -0.2) is 4.39 Å². The Morgan fingerprint density at radius 3 is 2.75 bits per heavy atom. The van der Waals surface area contributed by atoms with Crippen LogP contribution in [0.3, 0.4) is 0 Å². The number of aliphatic carboxylic acids is 1. The van der Waals surface area contributed by atoms with Gasteiger partial charge in [0, 0.05) is 23.2 Å². The molecule has 2 rings (SSSR count). The maximum absolute atomic E-state index is 13.9. The summed E-state index contributed by atoms with van der Waals surface area (Å²) in [5.74, 6) is -1.04. The lowest BCUT2D eigenvalue weighted by atomic mass is 10.0. The van der Waals surface area contributed by atoms with Gasteiger partial charge in [-0.15, -0.1) is 0 Å². The third-order valence-electron chi connectivity index (χ3n) is 4.61. The van der Waals surface area contributed by atoms with Crippen LogP contribution >= 0.6 is 11.6 Å². The van der Waals surface area contributed by atoms with Crippen molar-refractivity contribution in [3.63, 3.8) is 0 Å². The number of nitrogens with zero attached hydrogens (tertiary/aromatic N) is 1. The van der Waals surface area contributed by atoms with E-state index in [0.717, 1.165) is 38.8 Å². The summed E-state index contributed by atoms with van der Waals surface area (Å²) < 4.78 is 13.9. The first-order chi connectivity index (χ1) is 11.5. The van der Waals surface area contributed by atoms with E-state index in [2.05, 4.69) is 17.1 Å². The zero-order chi connectivity index (χ0) is 17.5. The maximum atomic E-state index is 13.9. The summed E-state index contributed by atoms with van der Waals surface area (Å²) in [6, 6.07) is 4.48. The molecule has 0 amide bonds. The third kappa shape index (κ3) is 5.43. The summed E-state index contributed by atoms with van der Waals surface area (Å²) in [4.78, 5) is 13.5. The van der Waals surface area contributed by atoms with Crippen molar-refractivity contribution in [1.82, 2.24) is 10.2 Å². The SMILES string of the molecule is CCCCC(NC1CCN(Cc2c(F)cccc2Cl)CC1)C(=O)O. The summed E-state index contributed by atoms with van der Waals surface area (Å²) in [6.07, 6.45) is 4.29. The van der Waals surface area contributed by atoms with E-state index in [-0.39, 0.29) is 11.9 Å². The summed E-state index contributed by atoms with van der Waals surface area (Å²) in [5.41, 5.74) is 0.539. The van der Waals surface area contributed by atoms with Crippen molar-refractivity contribution in [2.24, 2.45) is 0 Å². The van der Waals surface area contributed by atoms with Crippen LogP contribution in [0.4, 0.5) is 4.39 Å². The van der Waals surface area contributed by atoms with Crippen LogP contribution in [0.15, 0.2) is 18.2 Å². The van der Waals surface area contributed by atoms with E-state index in [1.807, 2.05) is 0 Å². The van der Waals surface area contributed by atoms with Crippen LogP contribution in [-0.2, 0) is 11.3 Å². The molecule has 6 heteroatoms. The highest BCUT2D eigenvalue weighted by Gasteiger charge is 2.25. The zero-order valence-electron chi connectivity index (χ0n) is 14.1. The highest BCUT2D eigenvalue weighted by molar-refractivity contribution is 6.31. The van der Waals surface area contributed by atoms with Gasteiger partial charge >= 0.3 is 5.97 Å². The fourth-order valence-electron chi connectivity index (χ4n) is 3.14. The van der Waals surface area contributed by atoms with Crippen molar-refractivity contribution in [3.05, 3.63) is 34.6 Å². The highest BCUT2D eigenvalue weighted by atomic mass is 35.5. The molecule has 0 saturated carbocycles. The van der Waals surface area contributed by atoms with Crippen molar-refractivity contribution in [2.75, 3.05) is 13.1 Å². The number of carboxylic acid groups (broad SMARTS) is 1. The molecule has 0 radical (unpaired) electrons. The Hall–Kier alpha value is -1.17. The Bertz CT molecular complexity index is 528. The first-order valence-corrected chi connectivity index (χ1v) is 9.03. The fraction of sp³-hybridized carbons (Fsp3) is 0.611. The van der Waals surface area contributed by atoms with Gasteiger partial charge in [0.05, 0.1) is 0 Å². The van der Waals surface area contributed by atoms with Crippen molar-refractivity contribution in [1.29, 1.82) is 0 Å². The molecule has 1 aliphatic heterocycles. The van der Waals surface area contributed by atoms with Crippen molar-refractivity contribution < 1.29 is 14.3 Å². The molecule has 1 aliphatic rings. The van der Waals surface area contributed by atoms with Gasteiger partial charge in [-0.3, -0.25) is 9.69 Å². The number of halogens is 2. The Balaban J connectivity index is 1.83. The minimum absolute atomic E-state index is 0.204. The number of carboxylic acids is 1. The van der Waals surface area contributed by atoms with Crippen molar-refractivity contribution in [2.45, 2.75) is 57.7 Å². The Morgan fingerprint density at radius 1 is 1.46 bits per heavy atom. The quantitative estimate of drug-likeness (QED) is 0.746. The van der Waals surface area contributed by atoms with E-state index in [9.17, 15) is 14.3 Å². The Kier molecular flexibility index (Phi) is 7.46. The topological polar surface area (TPSA) is 52.6 Å². The molecule has 1 atom stereocenters. The highest BCUT2D eigenvalue weighted by Crippen LogP contribution is 2.23.